The molecule has 1 aliphatic carbocycles. The van der Waals surface area contributed by atoms with E-state index >= 15 is 0 Å². The van der Waals surface area contributed by atoms with Crippen LogP contribution in [0.25, 0.3) is 11.1 Å². The Morgan fingerprint density at radius 1 is 1.38 bits per heavy atom. The van der Waals surface area contributed by atoms with Crippen molar-refractivity contribution < 1.29 is 0 Å². The third kappa shape index (κ3) is 2.77. The van der Waals surface area contributed by atoms with Gasteiger partial charge in [0.1, 0.15) is 5.82 Å². The van der Waals surface area contributed by atoms with Crippen LogP contribution in [0.15, 0.2) is 24.7 Å². The maximum Gasteiger partial charge on any atom is 0.129 e. The van der Waals surface area contributed by atoms with Gasteiger partial charge in [-0.05, 0) is 43.2 Å². The number of nitrogens with zero attached hydrogens (tertiary/aromatic N) is 4. The minimum Gasteiger partial charge on any atom is -0.369 e. The molecule has 5 heteroatoms. The number of fused-ring (bicyclic) bond motifs is 1. The second kappa shape index (κ2) is 6.64. The highest BCUT2D eigenvalue weighted by Gasteiger charge is 2.27. The fourth-order valence-corrected chi connectivity index (χ4v) is 4.27. The van der Waals surface area contributed by atoms with Gasteiger partial charge in [-0.25, -0.2) is 4.98 Å². The number of hydrogen-bond donors (Lipinski definition) is 1. The van der Waals surface area contributed by atoms with E-state index in [0.29, 0.717) is 18.4 Å². The summed E-state index contributed by atoms with van der Waals surface area (Å²) in [6, 6.07) is 4.75. The zero-order valence-electron chi connectivity index (χ0n) is 13.9. The molecule has 2 aromatic rings. The van der Waals surface area contributed by atoms with E-state index in [2.05, 4.69) is 38.4 Å². The summed E-state index contributed by atoms with van der Waals surface area (Å²) >= 11 is 0. The second-order valence-corrected chi connectivity index (χ2v) is 6.88. The standard InChI is InChI=1S/C19H23N5/c20-9-3-6-18(14-4-1-2-5-14)24-13-15(12-23-24)16-7-10-21-19-17(16)8-11-22-19/h7,10,12-14,18H,1-6,8,11H2,(H,21,22). The first-order valence-corrected chi connectivity index (χ1v) is 9.00. The van der Waals surface area contributed by atoms with E-state index < -0.39 is 0 Å². The van der Waals surface area contributed by atoms with Crippen LogP contribution in [0.4, 0.5) is 5.82 Å². The first kappa shape index (κ1) is 15.2. The van der Waals surface area contributed by atoms with Crippen LogP contribution in [-0.4, -0.2) is 21.3 Å². The SMILES string of the molecule is N#CCCC(C1CCCC1)n1cc(-c2ccnc3c2CCN3)cn1. The number of nitriles is 1. The monoisotopic (exact) mass is 321 g/mol. The molecule has 3 heterocycles. The van der Waals surface area contributed by atoms with Gasteiger partial charge in [0.2, 0.25) is 0 Å². The predicted octanol–water partition coefficient (Wildman–Crippen LogP) is 3.95. The fraction of sp³-hybridized carbons (Fsp3) is 0.526. The molecule has 0 bridgehead atoms. The molecular weight excluding hydrogens is 298 g/mol. The number of hydrogen-bond acceptors (Lipinski definition) is 4. The first-order valence-electron chi connectivity index (χ1n) is 9.00. The molecule has 0 spiro atoms. The van der Waals surface area contributed by atoms with Gasteiger partial charge in [0.15, 0.2) is 0 Å². The minimum absolute atomic E-state index is 0.355. The zero-order valence-corrected chi connectivity index (χ0v) is 13.9. The molecule has 1 N–H and O–H groups in total. The Kier molecular flexibility index (Phi) is 4.20. The minimum atomic E-state index is 0.355. The Morgan fingerprint density at radius 3 is 3.08 bits per heavy atom. The Balaban J connectivity index is 1.63. The van der Waals surface area contributed by atoms with Gasteiger partial charge in [0.05, 0.1) is 18.3 Å². The summed E-state index contributed by atoms with van der Waals surface area (Å²) in [5.41, 5.74) is 3.70. The first-order chi connectivity index (χ1) is 11.9. The van der Waals surface area contributed by atoms with Crippen molar-refractivity contribution in [3.8, 4) is 17.2 Å². The summed E-state index contributed by atoms with van der Waals surface area (Å²) in [7, 11) is 0. The highest BCUT2D eigenvalue weighted by Crippen LogP contribution is 2.38. The molecule has 0 aromatic carbocycles. The van der Waals surface area contributed by atoms with Gasteiger partial charge < -0.3 is 5.32 Å². The molecular formula is C19H23N5. The number of nitrogens with one attached hydrogen (secondary N) is 1. The summed E-state index contributed by atoms with van der Waals surface area (Å²) in [5, 5.41) is 17.0. The molecule has 2 aromatic heterocycles. The summed E-state index contributed by atoms with van der Waals surface area (Å²) in [6.07, 6.45) is 13.7. The number of aromatic nitrogens is 3. The molecule has 1 unspecified atom stereocenters. The number of anilines is 1. The van der Waals surface area contributed by atoms with E-state index in [-0.39, 0.29) is 0 Å². The smallest absolute Gasteiger partial charge is 0.129 e. The number of rotatable bonds is 5. The predicted molar refractivity (Wildman–Crippen MR) is 93.5 cm³/mol. The van der Waals surface area contributed by atoms with Crippen molar-refractivity contribution in [2.24, 2.45) is 5.92 Å². The normalized spacial score (nSPS) is 18.1. The molecule has 5 nitrogen and oxygen atoms in total. The quantitative estimate of drug-likeness (QED) is 0.905. The van der Waals surface area contributed by atoms with Crippen molar-refractivity contribution in [2.45, 2.75) is 51.0 Å². The molecule has 4 rings (SSSR count). The van der Waals surface area contributed by atoms with Crippen molar-refractivity contribution in [3.05, 3.63) is 30.2 Å². The Hall–Kier alpha value is -2.35. The van der Waals surface area contributed by atoms with E-state index in [1.165, 1.54) is 36.8 Å². The average molecular weight is 321 g/mol. The van der Waals surface area contributed by atoms with E-state index in [4.69, 9.17) is 5.26 Å². The average Bonchev–Trinajstić information content (AvgIpc) is 3.36. The molecule has 0 amide bonds. The molecule has 1 saturated carbocycles. The largest absolute Gasteiger partial charge is 0.369 e. The van der Waals surface area contributed by atoms with Crippen LogP contribution in [0.2, 0.25) is 0 Å². The van der Waals surface area contributed by atoms with E-state index in [1.54, 1.807) is 0 Å². The maximum atomic E-state index is 9.00. The van der Waals surface area contributed by atoms with Crippen molar-refractivity contribution in [3.63, 3.8) is 0 Å². The molecule has 24 heavy (non-hydrogen) atoms. The van der Waals surface area contributed by atoms with Crippen LogP contribution in [0.3, 0.4) is 0 Å². The lowest BCUT2D eigenvalue weighted by Gasteiger charge is -2.23. The van der Waals surface area contributed by atoms with Crippen LogP contribution >= 0.6 is 0 Å². The lowest BCUT2D eigenvalue weighted by molar-refractivity contribution is 0.295. The molecule has 1 atom stereocenters. The van der Waals surface area contributed by atoms with Gasteiger partial charge in [0, 0.05) is 36.5 Å². The number of pyridine rings is 1. The maximum absolute atomic E-state index is 9.00. The van der Waals surface area contributed by atoms with Crippen LogP contribution < -0.4 is 5.32 Å². The Morgan fingerprint density at radius 2 is 2.25 bits per heavy atom. The Bertz CT molecular complexity index is 751. The van der Waals surface area contributed by atoms with Crippen molar-refractivity contribution in [1.29, 1.82) is 5.26 Å². The summed E-state index contributed by atoms with van der Waals surface area (Å²) in [4.78, 5) is 4.42. The van der Waals surface area contributed by atoms with Crippen LogP contribution in [0.1, 0.15) is 50.1 Å². The van der Waals surface area contributed by atoms with Crippen molar-refractivity contribution in [2.75, 3.05) is 11.9 Å². The topological polar surface area (TPSA) is 66.5 Å². The summed E-state index contributed by atoms with van der Waals surface area (Å²) in [6.45, 7) is 0.959. The molecule has 0 saturated heterocycles. The lowest BCUT2D eigenvalue weighted by atomic mass is 9.94. The van der Waals surface area contributed by atoms with Crippen LogP contribution in [0.5, 0.6) is 0 Å². The zero-order chi connectivity index (χ0) is 16.4. The van der Waals surface area contributed by atoms with E-state index in [0.717, 1.165) is 30.8 Å². The van der Waals surface area contributed by atoms with Crippen LogP contribution in [0, 0.1) is 17.2 Å². The fourth-order valence-electron chi connectivity index (χ4n) is 4.27. The summed E-state index contributed by atoms with van der Waals surface area (Å²) < 4.78 is 2.12. The Labute approximate surface area is 142 Å². The third-order valence-electron chi connectivity index (χ3n) is 5.47. The van der Waals surface area contributed by atoms with Crippen molar-refractivity contribution >= 4 is 5.82 Å². The lowest BCUT2D eigenvalue weighted by Crippen LogP contribution is -2.18. The second-order valence-electron chi connectivity index (χ2n) is 6.88. The molecule has 1 aliphatic heterocycles. The third-order valence-corrected chi connectivity index (χ3v) is 5.47. The van der Waals surface area contributed by atoms with E-state index in [1.807, 2.05) is 12.4 Å². The summed E-state index contributed by atoms with van der Waals surface area (Å²) in [5.74, 6) is 1.67. The molecule has 2 aliphatic rings. The van der Waals surface area contributed by atoms with Gasteiger partial charge in [-0.1, -0.05) is 12.8 Å². The van der Waals surface area contributed by atoms with Gasteiger partial charge >= 0.3 is 0 Å². The van der Waals surface area contributed by atoms with Gasteiger partial charge in [-0.2, -0.15) is 10.4 Å². The van der Waals surface area contributed by atoms with Gasteiger partial charge in [0.25, 0.3) is 0 Å². The van der Waals surface area contributed by atoms with Gasteiger partial charge in [-0.3, -0.25) is 4.68 Å². The van der Waals surface area contributed by atoms with Crippen molar-refractivity contribution in [1.82, 2.24) is 14.8 Å². The highest BCUT2D eigenvalue weighted by atomic mass is 15.3. The molecule has 124 valence electrons. The molecule has 0 radical (unpaired) electrons. The van der Waals surface area contributed by atoms with Crippen LogP contribution in [-0.2, 0) is 6.42 Å². The van der Waals surface area contributed by atoms with E-state index in [9.17, 15) is 0 Å². The molecule has 1 fully saturated rings. The van der Waals surface area contributed by atoms with Gasteiger partial charge in [-0.15, -0.1) is 0 Å². The highest BCUT2D eigenvalue weighted by molar-refractivity contribution is 5.72.